The van der Waals surface area contributed by atoms with Gasteiger partial charge >= 0.3 is 6.03 Å². The molecule has 5 heteroatoms. The van der Waals surface area contributed by atoms with Gasteiger partial charge in [0.25, 0.3) is 0 Å². The highest BCUT2D eigenvalue weighted by Crippen LogP contribution is 2.30. The molecule has 0 unspecified atom stereocenters. The number of rotatable bonds is 7. The lowest BCUT2D eigenvalue weighted by Crippen LogP contribution is -2.34. The third kappa shape index (κ3) is 4.98. The fourth-order valence-corrected chi connectivity index (χ4v) is 2.21. The summed E-state index contributed by atoms with van der Waals surface area (Å²) in [5, 5.41) is 5.68. The number of hydrogen-bond acceptors (Lipinski definition) is 3. The summed E-state index contributed by atoms with van der Waals surface area (Å²) < 4.78 is 5.84. The molecular formula is C18H21N3O2. The number of aromatic nitrogens is 1. The smallest absolute Gasteiger partial charge is 0.315 e. The normalized spacial score (nSPS) is 13.4. The van der Waals surface area contributed by atoms with Crippen LogP contribution in [0.2, 0.25) is 0 Å². The predicted octanol–water partition coefficient (Wildman–Crippen LogP) is 2.87. The van der Waals surface area contributed by atoms with Crippen molar-refractivity contribution in [3.8, 4) is 5.75 Å². The Morgan fingerprint density at radius 2 is 1.96 bits per heavy atom. The summed E-state index contributed by atoms with van der Waals surface area (Å²) in [6.07, 6.45) is 5.97. The van der Waals surface area contributed by atoms with E-state index in [0.29, 0.717) is 19.0 Å². The van der Waals surface area contributed by atoms with Gasteiger partial charge in [-0.2, -0.15) is 0 Å². The first-order chi connectivity index (χ1) is 11.3. The number of carbonyl (C=O) groups excluding carboxylic acids is 1. The van der Waals surface area contributed by atoms with Gasteiger partial charge in [0.15, 0.2) is 0 Å². The second kappa shape index (κ2) is 7.63. The Balaban J connectivity index is 1.46. The lowest BCUT2D eigenvalue weighted by molar-refractivity contribution is 0.239. The van der Waals surface area contributed by atoms with Crippen molar-refractivity contribution in [3.63, 3.8) is 0 Å². The highest BCUT2D eigenvalue weighted by Gasteiger charge is 2.22. The summed E-state index contributed by atoms with van der Waals surface area (Å²) in [6, 6.07) is 11.4. The minimum absolute atomic E-state index is 0.203. The fourth-order valence-electron chi connectivity index (χ4n) is 2.21. The lowest BCUT2D eigenvalue weighted by Gasteiger charge is -2.12. The maximum Gasteiger partial charge on any atom is 0.315 e. The van der Waals surface area contributed by atoms with Gasteiger partial charge in [0, 0.05) is 31.0 Å². The van der Waals surface area contributed by atoms with Gasteiger partial charge in [-0.15, -0.1) is 0 Å². The standard InChI is InChI=1S/C18H21N3O2/c22-18(20-11-15-4-3-9-19-10-15)21-12-16-5-1-2-6-17(16)23-13-14-7-8-14/h1-6,9-10,14H,7-8,11-13H2,(H2,20,21,22). The van der Waals surface area contributed by atoms with Crippen LogP contribution in [0.5, 0.6) is 5.75 Å². The van der Waals surface area contributed by atoms with Crippen LogP contribution in [0.25, 0.3) is 0 Å². The third-order valence-corrected chi connectivity index (χ3v) is 3.76. The Bertz CT molecular complexity index is 642. The van der Waals surface area contributed by atoms with Crippen LogP contribution >= 0.6 is 0 Å². The largest absolute Gasteiger partial charge is 0.493 e. The van der Waals surface area contributed by atoms with Crippen LogP contribution < -0.4 is 15.4 Å². The van der Waals surface area contributed by atoms with Crippen molar-refractivity contribution >= 4 is 6.03 Å². The molecule has 2 amide bonds. The first-order valence-electron chi connectivity index (χ1n) is 7.92. The van der Waals surface area contributed by atoms with E-state index in [2.05, 4.69) is 15.6 Å². The Hall–Kier alpha value is -2.56. The first kappa shape index (κ1) is 15.3. The molecule has 1 aliphatic rings. The summed E-state index contributed by atoms with van der Waals surface area (Å²) in [5.41, 5.74) is 1.96. The second-order valence-corrected chi connectivity index (χ2v) is 5.76. The quantitative estimate of drug-likeness (QED) is 0.826. The molecule has 23 heavy (non-hydrogen) atoms. The molecule has 0 aliphatic heterocycles. The van der Waals surface area contributed by atoms with E-state index in [1.165, 1.54) is 12.8 Å². The molecule has 3 rings (SSSR count). The molecule has 2 N–H and O–H groups in total. The van der Waals surface area contributed by atoms with Crippen molar-refractivity contribution in [1.29, 1.82) is 0 Å². The van der Waals surface area contributed by atoms with Crippen LogP contribution in [-0.2, 0) is 13.1 Å². The van der Waals surface area contributed by atoms with Crippen LogP contribution in [-0.4, -0.2) is 17.6 Å². The molecular weight excluding hydrogens is 290 g/mol. The van der Waals surface area contributed by atoms with Gasteiger partial charge in [0.1, 0.15) is 5.75 Å². The minimum Gasteiger partial charge on any atom is -0.493 e. The number of para-hydroxylation sites is 1. The molecule has 0 spiro atoms. The van der Waals surface area contributed by atoms with E-state index in [1.54, 1.807) is 12.4 Å². The summed E-state index contributed by atoms with van der Waals surface area (Å²) in [4.78, 5) is 15.9. The predicted molar refractivity (Wildman–Crippen MR) is 88.0 cm³/mol. The molecule has 0 radical (unpaired) electrons. The number of pyridine rings is 1. The SMILES string of the molecule is O=C(NCc1cccnc1)NCc1ccccc1OCC1CC1. The highest BCUT2D eigenvalue weighted by molar-refractivity contribution is 5.73. The zero-order valence-corrected chi connectivity index (χ0v) is 13.0. The summed E-state index contributed by atoms with van der Waals surface area (Å²) in [7, 11) is 0. The van der Waals surface area contributed by atoms with Crippen molar-refractivity contribution < 1.29 is 9.53 Å². The van der Waals surface area contributed by atoms with Crippen LogP contribution in [0, 0.1) is 5.92 Å². The van der Waals surface area contributed by atoms with E-state index in [4.69, 9.17) is 4.74 Å². The third-order valence-electron chi connectivity index (χ3n) is 3.76. The zero-order chi connectivity index (χ0) is 15.9. The number of ether oxygens (including phenoxy) is 1. The van der Waals surface area contributed by atoms with Crippen molar-refractivity contribution in [3.05, 3.63) is 59.9 Å². The van der Waals surface area contributed by atoms with Gasteiger partial charge in [-0.3, -0.25) is 4.98 Å². The van der Waals surface area contributed by atoms with Crippen molar-refractivity contribution in [2.75, 3.05) is 6.61 Å². The number of nitrogens with zero attached hydrogens (tertiary/aromatic N) is 1. The number of hydrogen-bond donors (Lipinski definition) is 2. The molecule has 5 nitrogen and oxygen atoms in total. The maximum atomic E-state index is 11.9. The first-order valence-corrected chi connectivity index (χ1v) is 7.92. The maximum absolute atomic E-state index is 11.9. The molecule has 0 saturated heterocycles. The fraction of sp³-hybridized carbons (Fsp3) is 0.333. The topological polar surface area (TPSA) is 63.2 Å². The van der Waals surface area contributed by atoms with E-state index in [9.17, 15) is 4.79 Å². The molecule has 0 atom stereocenters. The van der Waals surface area contributed by atoms with E-state index < -0.39 is 0 Å². The molecule has 1 aromatic carbocycles. The molecule has 1 heterocycles. The molecule has 2 aromatic rings. The summed E-state index contributed by atoms with van der Waals surface area (Å²) in [5.74, 6) is 1.56. The number of carbonyl (C=O) groups is 1. The molecule has 120 valence electrons. The number of benzene rings is 1. The summed E-state index contributed by atoms with van der Waals surface area (Å²) in [6.45, 7) is 1.67. The second-order valence-electron chi connectivity index (χ2n) is 5.76. The van der Waals surface area contributed by atoms with Gasteiger partial charge in [0.2, 0.25) is 0 Å². The van der Waals surface area contributed by atoms with Gasteiger partial charge in [-0.05, 0) is 36.5 Å². The molecule has 1 aliphatic carbocycles. The zero-order valence-electron chi connectivity index (χ0n) is 13.0. The molecule has 0 bridgehead atoms. The average molecular weight is 311 g/mol. The van der Waals surface area contributed by atoms with E-state index in [-0.39, 0.29) is 6.03 Å². The van der Waals surface area contributed by atoms with Crippen molar-refractivity contribution in [2.24, 2.45) is 5.92 Å². The average Bonchev–Trinajstić information content (AvgIpc) is 3.42. The van der Waals surface area contributed by atoms with E-state index in [1.807, 2.05) is 36.4 Å². The summed E-state index contributed by atoms with van der Waals surface area (Å²) >= 11 is 0. The van der Waals surface area contributed by atoms with Gasteiger partial charge in [0.05, 0.1) is 6.61 Å². The molecule has 1 saturated carbocycles. The van der Waals surface area contributed by atoms with Crippen molar-refractivity contribution in [1.82, 2.24) is 15.6 Å². The van der Waals surface area contributed by atoms with Crippen LogP contribution in [0.3, 0.4) is 0 Å². The molecule has 1 fully saturated rings. The van der Waals surface area contributed by atoms with E-state index >= 15 is 0 Å². The lowest BCUT2D eigenvalue weighted by atomic mass is 10.2. The van der Waals surface area contributed by atoms with Gasteiger partial charge in [-0.25, -0.2) is 4.79 Å². The van der Waals surface area contributed by atoms with Crippen molar-refractivity contribution in [2.45, 2.75) is 25.9 Å². The Labute approximate surface area is 136 Å². The number of nitrogens with one attached hydrogen (secondary N) is 2. The highest BCUT2D eigenvalue weighted by atomic mass is 16.5. The van der Waals surface area contributed by atoms with Crippen LogP contribution in [0.15, 0.2) is 48.8 Å². The van der Waals surface area contributed by atoms with Crippen LogP contribution in [0.4, 0.5) is 4.79 Å². The number of urea groups is 1. The van der Waals surface area contributed by atoms with Gasteiger partial charge < -0.3 is 15.4 Å². The Morgan fingerprint density at radius 1 is 1.13 bits per heavy atom. The van der Waals surface area contributed by atoms with Gasteiger partial charge in [-0.1, -0.05) is 24.3 Å². The monoisotopic (exact) mass is 311 g/mol. The number of amides is 2. The van der Waals surface area contributed by atoms with Crippen LogP contribution in [0.1, 0.15) is 24.0 Å². The minimum atomic E-state index is -0.203. The van der Waals surface area contributed by atoms with E-state index in [0.717, 1.165) is 23.5 Å². The molecule has 1 aromatic heterocycles. The Kier molecular flexibility index (Phi) is 5.09. The Morgan fingerprint density at radius 3 is 2.74 bits per heavy atom.